The van der Waals surface area contributed by atoms with E-state index in [1.165, 1.54) is 0 Å². The highest BCUT2D eigenvalue weighted by Gasteiger charge is 2.25. The number of carbonyl (C=O) groups is 2. The SMILES string of the molecule is COc1ccc(COC(=O)[C@H](CCCCN)NC(=O)OC(C)(C)C)cc1. The maximum absolute atomic E-state index is 12.4. The standard InChI is InChI=1S/C19H30N2O5/c1-19(2,3)26-18(23)21-16(7-5-6-12-20)17(22)25-13-14-8-10-15(24-4)11-9-14/h8-11,16H,5-7,12-13,20H2,1-4H3,(H,21,23)/t16-/m0/s1. The molecule has 0 aliphatic rings. The van der Waals surface area contributed by atoms with Crippen LogP contribution in [0.25, 0.3) is 0 Å². The average Bonchev–Trinajstić information content (AvgIpc) is 2.57. The summed E-state index contributed by atoms with van der Waals surface area (Å²) in [7, 11) is 1.59. The number of hydrogen-bond donors (Lipinski definition) is 2. The van der Waals surface area contributed by atoms with E-state index in [2.05, 4.69) is 5.32 Å². The van der Waals surface area contributed by atoms with Crippen molar-refractivity contribution in [1.29, 1.82) is 0 Å². The summed E-state index contributed by atoms with van der Waals surface area (Å²) in [6.45, 7) is 5.93. The van der Waals surface area contributed by atoms with E-state index in [0.29, 0.717) is 19.4 Å². The predicted molar refractivity (Wildman–Crippen MR) is 98.9 cm³/mol. The fraction of sp³-hybridized carbons (Fsp3) is 0.579. The van der Waals surface area contributed by atoms with E-state index in [1.54, 1.807) is 40.0 Å². The van der Waals surface area contributed by atoms with Gasteiger partial charge in [0.1, 0.15) is 24.0 Å². The Kier molecular flexibility index (Phi) is 8.92. The Labute approximate surface area is 155 Å². The number of methoxy groups -OCH3 is 1. The zero-order chi connectivity index (χ0) is 19.6. The second-order valence-electron chi connectivity index (χ2n) is 6.94. The molecular formula is C19H30N2O5. The Bertz CT molecular complexity index is 566. The number of ether oxygens (including phenoxy) is 3. The molecule has 7 nitrogen and oxygen atoms in total. The van der Waals surface area contributed by atoms with Crippen molar-refractivity contribution in [1.82, 2.24) is 5.32 Å². The van der Waals surface area contributed by atoms with Crippen LogP contribution in [-0.2, 0) is 20.9 Å². The number of nitrogens with two attached hydrogens (primary N) is 1. The van der Waals surface area contributed by atoms with E-state index in [0.717, 1.165) is 17.7 Å². The van der Waals surface area contributed by atoms with Crippen molar-refractivity contribution < 1.29 is 23.8 Å². The van der Waals surface area contributed by atoms with E-state index in [4.69, 9.17) is 19.9 Å². The lowest BCUT2D eigenvalue weighted by Gasteiger charge is -2.23. The van der Waals surface area contributed by atoms with Gasteiger partial charge in [0.05, 0.1) is 7.11 Å². The lowest BCUT2D eigenvalue weighted by atomic mass is 10.1. The van der Waals surface area contributed by atoms with Gasteiger partial charge < -0.3 is 25.3 Å². The fourth-order valence-electron chi connectivity index (χ4n) is 2.17. The van der Waals surface area contributed by atoms with Crippen molar-refractivity contribution >= 4 is 12.1 Å². The summed E-state index contributed by atoms with van der Waals surface area (Å²) in [4.78, 5) is 24.4. The summed E-state index contributed by atoms with van der Waals surface area (Å²) in [5.74, 6) is 0.232. The van der Waals surface area contributed by atoms with Crippen LogP contribution >= 0.6 is 0 Å². The Balaban J connectivity index is 2.62. The molecule has 0 spiro atoms. The molecule has 0 unspecified atom stereocenters. The minimum absolute atomic E-state index is 0.117. The number of esters is 1. The van der Waals surface area contributed by atoms with Crippen LogP contribution in [0.15, 0.2) is 24.3 Å². The number of amides is 1. The van der Waals surface area contributed by atoms with Crippen LogP contribution in [-0.4, -0.2) is 37.4 Å². The first-order valence-electron chi connectivity index (χ1n) is 8.74. The molecule has 1 atom stereocenters. The number of hydrogen-bond acceptors (Lipinski definition) is 6. The van der Waals surface area contributed by atoms with Gasteiger partial charge in [-0.2, -0.15) is 0 Å². The first kappa shape index (κ1) is 21.8. The molecule has 0 radical (unpaired) electrons. The molecule has 1 aromatic rings. The van der Waals surface area contributed by atoms with Gasteiger partial charge in [0.2, 0.25) is 0 Å². The van der Waals surface area contributed by atoms with Gasteiger partial charge in [0.15, 0.2) is 0 Å². The second kappa shape index (κ2) is 10.7. The zero-order valence-corrected chi connectivity index (χ0v) is 16.0. The van der Waals surface area contributed by atoms with Gasteiger partial charge in [-0.05, 0) is 64.3 Å². The molecule has 1 aromatic carbocycles. The largest absolute Gasteiger partial charge is 0.497 e. The number of nitrogens with one attached hydrogen (secondary N) is 1. The summed E-state index contributed by atoms with van der Waals surface area (Å²) >= 11 is 0. The van der Waals surface area contributed by atoms with E-state index < -0.39 is 23.7 Å². The highest BCUT2D eigenvalue weighted by atomic mass is 16.6. The van der Waals surface area contributed by atoms with Crippen LogP contribution < -0.4 is 15.8 Å². The number of alkyl carbamates (subject to hydrolysis) is 1. The molecule has 0 aliphatic carbocycles. The first-order chi connectivity index (χ1) is 12.2. The normalized spacial score (nSPS) is 12.2. The first-order valence-corrected chi connectivity index (χ1v) is 8.74. The molecule has 3 N–H and O–H groups in total. The molecule has 0 aromatic heterocycles. The summed E-state index contributed by atoms with van der Waals surface area (Å²) in [6.07, 6.45) is 1.27. The van der Waals surface area contributed by atoms with Gasteiger partial charge in [0.25, 0.3) is 0 Å². The van der Waals surface area contributed by atoms with Crippen LogP contribution in [0.5, 0.6) is 5.75 Å². The summed E-state index contributed by atoms with van der Waals surface area (Å²) in [5, 5.41) is 2.59. The van der Waals surface area contributed by atoms with Crippen LogP contribution in [0.4, 0.5) is 4.79 Å². The molecule has 7 heteroatoms. The fourth-order valence-corrected chi connectivity index (χ4v) is 2.17. The summed E-state index contributed by atoms with van der Waals surface area (Å²) in [5.41, 5.74) is 5.69. The van der Waals surface area contributed by atoms with E-state index in [1.807, 2.05) is 12.1 Å². The van der Waals surface area contributed by atoms with Crippen molar-refractivity contribution in [3.8, 4) is 5.75 Å². The lowest BCUT2D eigenvalue weighted by molar-refractivity contribution is -0.147. The van der Waals surface area contributed by atoms with Crippen LogP contribution in [0.2, 0.25) is 0 Å². The van der Waals surface area contributed by atoms with Gasteiger partial charge in [-0.1, -0.05) is 12.1 Å². The molecule has 1 rings (SSSR count). The Morgan fingerprint density at radius 1 is 1.15 bits per heavy atom. The zero-order valence-electron chi connectivity index (χ0n) is 16.0. The maximum atomic E-state index is 12.4. The third kappa shape index (κ3) is 8.71. The van der Waals surface area contributed by atoms with Crippen LogP contribution in [0, 0.1) is 0 Å². The van der Waals surface area contributed by atoms with E-state index in [9.17, 15) is 9.59 Å². The third-order valence-corrected chi connectivity index (χ3v) is 3.46. The third-order valence-electron chi connectivity index (χ3n) is 3.46. The monoisotopic (exact) mass is 366 g/mol. The highest BCUT2D eigenvalue weighted by Crippen LogP contribution is 2.13. The van der Waals surface area contributed by atoms with Gasteiger partial charge >= 0.3 is 12.1 Å². The van der Waals surface area contributed by atoms with Crippen molar-refractivity contribution in [2.75, 3.05) is 13.7 Å². The van der Waals surface area contributed by atoms with E-state index >= 15 is 0 Å². The maximum Gasteiger partial charge on any atom is 0.408 e. The predicted octanol–water partition coefficient (Wildman–Crippen LogP) is 2.76. The molecule has 26 heavy (non-hydrogen) atoms. The average molecular weight is 366 g/mol. The van der Waals surface area contributed by atoms with Crippen molar-refractivity contribution in [2.24, 2.45) is 5.73 Å². The van der Waals surface area contributed by atoms with Crippen molar-refractivity contribution in [3.05, 3.63) is 29.8 Å². The molecule has 0 saturated carbocycles. The molecule has 0 saturated heterocycles. The van der Waals surface area contributed by atoms with Crippen LogP contribution in [0.1, 0.15) is 45.6 Å². The molecular weight excluding hydrogens is 336 g/mol. The molecule has 0 heterocycles. The van der Waals surface area contributed by atoms with Gasteiger partial charge in [-0.25, -0.2) is 9.59 Å². The van der Waals surface area contributed by atoms with Crippen molar-refractivity contribution in [3.63, 3.8) is 0 Å². The quantitative estimate of drug-likeness (QED) is 0.515. The smallest absolute Gasteiger partial charge is 0.408 e. The molecule has 0 aliphatic heterocycles. The van der Waals surface area contributed by atoms with Crippen molar-refractivity contribution in [2.45, 2.75) is 58.3 Å². The molecule has 1 amide bonds. The Morgan fingerprint density at radius 2 is 1.81 bits per heavy atom. The van der Waals surface area contributed by atoms with Gasteiger partial charge in [-0.15, -0.1) is 0 Å². The van der Waals surface area contributed by atoms with Gasteiger partial charge in [0, 0.05) is 0 Å². The molecule has 146 valence electrons. The minimum Gasteiger partial charge on any atom is -0.497 e. The van der Waals surface area contributed by atoms with E-state index in [-0.39, 0.29) is 6.61 Å². The highest BCUT2D eigenvalue weighted by molar-refractivity contribution is 5.81. The second-order valence-corrected chi connectivity index (χ2v) is 6.94. The number of rotatable bonds is 9. The lowest BCUT2D eigenvalue weighted by Crippen LogP contribution is -2.44. The Hall–Kier alpha value is -2.28. The Morgan fingerprint density at radius 3 is 2.35 bits per heavy atom. The number of unbranched alkanes of at least 4 members (excludes halogenated alkanes) is 1. The van der Waals surface area contributed by atoms with Gasteiger partial charge in [-0.3, -0.25) is 0 Å². The topological polar surface area (TPSA) is 99.9 Å². The summed E-state index contributed by atoms with van der Waals surface area (Å²) < 4.78 is 15.7. The minimum atomic E-state index is -0.769. The molecule has 0 fully saturated rings. The van der Waals surface area contributed by atoms with Crippen LogP contribution in [0.3, 0.4) is 0 Å². The summed E-state index contributed by atoms with van der Waals surface area (Å²) in [6, 6.07) is 6.45. The number of carbonyl (C=O) groups excluding carboxylic acids is 2. The molecule has 0 bridgehead atoms. The number of benzene rings is 1.